The van der Waals surface area contributed by atoms with Crippen LogP contribution in [0, 0.1) is 0 Å². The lowest BCUT2D eigenvalue weighted by atomic mass is 10.1. The van der Waals surface area contributed by atoms with Gasteiger partial charge in [-0.2, -0.15) is 0 Å². The van der Waals surface area contributed by atoms with Gasteiger partial charge in [0, 0.05) is 0 Å². The smallest absolute Gasteiger partial charge is 0.114 e. The second-order valence-electron chi connectivity index (χ2n) is 2.51. The number of hydrogen-bond donors (Lipinski definition) is 0. The van der Waals surface area contributed by atoms with Crippen LogP contribution in [0.2, 0.25) is 0 Å². The molecule has 0 aliphatic carbocycles. The minimum absolute atomic E-state index is 0.859. The highest BCUT2D eigenvalue weighted by molar-refractivity contribution is 5.08. The summed E-state index contributed by atoms with van der Waals surface area (Å²) >= 11 is 0. The summed E-state index contributed by atoms with van der Waals surface area (Å²) in [7, 11) is 0. The molecule has 0 saturated heterocycles. The standard InChI is InChI=1S/C9H14O/c1-2-9-7-5-3-4-6-8-10-9/h2,7H,1,3-6,8H2/b9-7-. The predicted octanol–water partition coefficient (Wildman–Crippen LogP) is 2.65. The summed E-state index contributed by atoms with van der Waals surface area (Å²) in [4.78, 5) is 0. The summed E-state index contributed by atoms with van der Waals surface area (Å²) in [5.74, 6) is 0.958. The Kier molecular flexibility index (Phi) is 3.07. The van der Waals surface area contributed by atoms with Crippen LogP contribution in [0.1, 0.15) is 25.7 Å². The van der Waals surface area contributed by atoms with E-state index in [2.05, 4.69) is 12.7 Å². The second-order valence-corrected chi connectivity index (χ2v) is 2.51. The summed E-state index contributed by atoms with van der Waals surface area (Å²) < 4.78 is 5.38. The predicted molar refractivity (Wildman–Crippen MR) is 42.7 cm³/mol. The van der Waals surface area contributed by atoms with E-state index in [-0.39, 0.29) is 0 Å². The Bertz CT molecular complexity index is 136. The number of allylic oxidation sites excluding steroid dienone is 2. The molecule has 0 saturated carbocycles. The highest BCUT2D eigenvalue weighted by atomic mass is 16.5. The molecule has 1 heterocycles. The first-order chi connectivity index (χ1) is 4.93. The Balaban J connectivity index is 2.43. The van der Waals surface area contributed by atoms with Gasteiger partial charge in [0.15, 0.2) is 0 Å². The Labute approximate surface area is 62.4 Å². The molecule has 0 unspecified atom stereocenters. The first-order valence-corrected chi connectivity index (χ1v) is 3.89. The van der Waals surface area contributed by atoms with Crippen molar-refractivity contribution < 1.29 is 4.74 Å². The van der Waals surface area contributed by atoms with Crippen LogP contribution in [0.5, 0.6) is 0 Å². The Hall–Kier alpha value is -0.720. The molecule has 0 radical (unpaired) electrons. The Morgan fingerprint density at radius 2 is 2.30 bits per heavy atom. The second kappa shape index (κ2) is 4.15. The highest BCUT2D eigenvalue weighted by Gasteiger charge is 1.97. The fourth-order valence-corrected chi connectivity index (χ4v) is 1.06. The van der Waals surface area contributed by atoms with Gasteiger partial charge >= 0.3 is 0 Å². The lowest BCUT2D eigenvalue weighted by Gasteiger charge is -2.09. The molecule has 1 aliphatic rings. The van der Waals surface area contributed by atoms with Crippen LogP contribution in [-0.2, 0) is 4.74 Å². The molecule has 0 bridgehead atoms. The van der Waals surface area contributed by atoms with Crippen molar-refractivity contribution in [3.8, 4) is 0 Å². The average Bonchev–Trinajstić information content (AvgIpc) is 1.87. The van der Waals surface area contributed by atoms with Crippen molar-refractivity contribution in [1.82, 2.24) is 0 Å². The van der Waals surface area contributed by atoms with E-state index in [0.717, 1.165) is 18.8 Å². The molecular formula is C9H14O. The van der Waals surface area contributed by atoms with E-state index >= 15 is 0 Å². The quantitative estimate of drug-likeness (QED) is 0.541. The summed E-state index contributed by atoms with van der Waals surface area (Å²) in [5, 5.41) is 0. The molecule has 0 spiro atoms. The van der Waals surface area contributed by atoms with Crippen LogP contribution in [0.25, 0.3) is 0 Å². The van der Waals surface area contributed by atoms with Gasteiger partial charge in [0.2, 0.25) is 0 Å². The van der Waals surface area contributed by atoms with E-state index in [4.69, 9.17) is 4.74 Å². The van der Waals surface area contributed by atoms with Gasteiger partial charge in [0.05, 0.1) is 6.61 Å². The summed E-state index contributed by atoms with van der Waals surface area (Å²) in [6, 6.07) is 0. The summed E-state index contributed by atoms with van der Waals surface area (Å²) in [5.41, 5.74) is 0. The zero-order valence-electron chi connectivity index (χ0n) is 6.31. The first-order valence-electron chi connectivity index (χ1n) is 3.89. The van der Waals surface area contributed by atoms with Gasteiger partial charge < -0.3 is 4.74 Å². The lowest BCUT2D eigenvalue weighted by molar-refractivity contribution is 0.211. The molecule has 1 heteroatoms. The minimum Gasteiger partial charge on any atom is -0.494 e. The Morgan fingerprint density at radius 1 is 1.40 bits per heavy atom. The van der Waals surface area contributed by atoms with Gasteiger partial charge in [-0.3, -0.25) is 0 Å². The molecule has 0 atom stereocenters. The topological polar surface area (TPSA) is 9.23 Å². The van der Waals surface area contributed by atoms with E-state index in [0.29, 0.717) is 0 Å². The molecule has 1 rings (SSSR count). The van der Waals surface area contributed by atoms with Crippen molar-refractivity contribution in [3.05, 3.63) is 24.5 Å². The monoisotopic (exact) mass is 138 g/mol. The van der Waals surface area contributed by atoms with Gasteiger partial charge in [-0.15, -0.1) is 0 Å². The molecule has 0 aromatic carbocycles. The van der Waals surface area contributed by atoms with E-state index in [1.54, 1.807) is 6.08 Å². The maximum Gasteiger partial charge on any atom is 0.114 e. The number of rotatable bonds is 1. The Morgan fingerprint density at radius 3 is 3.10 bits per heavy atom. The van der Waals surface area contributed by atoms with Crippen molar-refractivity contribution in [2.45, 2.75) is 25.7 Å². The van der Waals surface area contributed by atoms with Crippen molar-refractivity contribution in [2.24, 2.45) is 0 Å². The molecular weight excluding hydrogens is 124 g/mol. The van der Waals surface area contributed by atoms with Gasteiger partial charge in [0.25, 0.3) is 0 Å². The van der Waals surface area contributed by atoms with E-state index < -0.39 is 0 Å². The average molecular weight is 138 g/mol. The molecule has 10 heavy (non-hydrogen) atoms. The first kappa shape index (κ1) is 7.39. The van der Waals surface area contributed by atoms with Crippen molar-refractivity contribution >= 4 is 0 Å². The zero-order chi connectivity index (χ0) is 7.23. The molecule has 1 nitrogen and oxygen atoms in total. The van der Waals surface area contributed by atoms with Gasteiger partial charge in [-0.1, -0.05) is 6.58 Å². The SMILES string of the molecule is C=C/C1=C/CCCCCO1. The molecule has 56 valence electrons. The third-order valence-corrected chi connectivity index (χ3v) is 1.66. The van der Waals surface area contributed by atoms with Crippen molar-refractivity contribution in [3.63, 3.8) is 0 Å². The number of hydrogen-bond acceptors (Lipinski definition) is 1. The normalized spacial score (nSPS) is 25.0. The van der Waals surface area contributed by atoms with Gasteiger partial charge in [-0.05, 0) is 37.8 Å². The molecule has 0 N–H and O–H groups in total. The third kappa shape index (κ3) is 2.26. The van der Waals surface area contributed by atoms with Crippen LogP contribution < -0.4 is 0 Å². The van der Waals surface area contributed by atoms with Crippen LogP contribution in [0.15, 0.2) is 24.5 Å². The highest BCUT2D eigenvalue weighted by Crippen LogP contribution is 2.10. The minimum atomic E-state index is 0.859. The molecule has 1 aliphatic heterocycles. The van der Waals surface area contributed by atoms with Gasteiger partial charge in [0.1, 0.15) is 5.76 Å². The van der Waals surface area contributed by atoms with Crippen LogP contribution in [0.4, 0.5) is 0 Å². The fourth-order valence-electron chi connectivity index (χ4n) is 1.06. The van der Waals surface area contributed by atoms with E-state index in [9.17, 15) is 0 Å². The third-order valence-electron chi connectivity index (χ3n) is 1.66. The van der Waals surface area contributed by atoms with Crippen molar-refractivity contribution in [2.75, 3.05) is 6.61 Å². The largest absolute Gasteiger partial charge is 0.494 e. The summed E-state index contributed by atoms with van der Waals surface area (Å²) in [6.45, 7) is 4.52. The number of ether oxygens (including phenoxy) is 1. The van der Waals surface area contributed by atoms with Crippen LogP contribution >= 0.6 is 0 Å². The zero-order valence-corrected chi connectivity index (χ0v) is 6.31. The summed E-state index contributed by atoms with van der Waals surface area (Å²) in [6.07, 6.45) is 8.81. The molecule has 0 amide bonds. The molecule has 0 aromatic rings. The molecule has 0 aromatic heterocycles. The van der Waals surface area contributed by atoms with Gasteiger partial charge in [-0.25, -0.2) is 0 Å². The van der Waals surface area contributed by atoms with Crippen LogP contribution in [-0.4, -0.2) is 6.61 Å². The lowest BCUT2D eigenvalue weighted by Crippen LogP contribution is -1.96. The molecule has 0 fully saturated rings. The van der Waals surface area contributed by atoms with E-state index in [1.165, 1.54) is 19.3 Å². The van der Waals surface area contributed by atoms with E-state index in [1.807, 2.05) is 0 Å². The maximum atomic E-state index is 5.38. The fraction of sp³-hybridized carbons (Fsp3) is 0.556. The van der Waals surface area contributed by atoms with Crippen LogP contribution in [0.3, 0.4) is 0 Å². The van der Waals surface area contributed by atoms with Crippen molar-refractivity contribution in [1.29, 1.82) is 0 Å². The maximum absolute atomic E-state index is 5.38.